The highest BCUT2D eigenvalue weighted by molar-refractivity contribution is 14.1. The summed E-state index contributed by atoms with van der Waals surface area (Å²) < 4.78 is 5.88. The van der Waals surface area contributed by atoms with E-state index in [-0.39, 0.29) is 0 Å². The van der Waals surface area contributed by atoms with E-state index >= 15 is 0 Å². The predicted molar refractivity (Wildman–Crippen MR) is 122 cm³/mol. The van der Waals surface area contributed by atoms with E-state index in [0.717, 1.165) is 35.3 Å². The Morgan fingerprint density at radius 2 is 1.57 bits per heavy atom. The first-order valence-electron chi connectivity index (χ1n) is 8.98. The topological polar surface area (TPSA) is 47.4 Å². The first-order valence-corrected chi connectivity index (χ1v) is 10.1. The van der Waals surface area contributed by atoms with E-state index in [0.29, 0.717) is 0 Å². The lowest BCUT2D eigenvalue weighted by molar-refractivity contribution is 0.361. The highest BCUT2D eigenvalue weighted by Gasteiger charge is 2.13. The van der Waals surface area contributed by atoms with Gasteiger partial charge in [0.05, 0.1) is 17.8 Å². The van der Waals surface area contributed by atoms with Crippen LogP contribution in [0.3, 0.4) is 0 Å². The Balaban J connectivity index is 0.000000336. The molecule has 0 saturated heterocycles. The normalized spacial score (nSPS) is 12.3. The Morgan fingerprint density at radius 3 is 2.29 bits per heavy atom. The van der Waals surface area contributed by atoms with E-state index in [4.69, 9.17) is 0 Å². The maximum atomic E-state index is 4.65. The molecular formula is C23H18IN3O. The second-order valence-electron chi connectivity index (χ2n) is 6.15. The van der Waals surface area contributed by atoms with E-state index in [2.05, 4.69) is 90.8 Å². The zero-order valence-corrected chi connectivity index (χ0v) is 17.3. The summed E-state index contributed by atoms with van der Waals surface area (Å²) in [7, 11) is 0. The standard InChI is InChI=1S/C20H13IN2.C3H5NO/c21-17-11-5-4-9-15(17)16-10-6-12-18-19(16)20(23-13-22-18)14-7-2-1-3-8-14;1-2-5-3-4-1/h1-13H;3H,1-2H2. The molecule has 4 nitrogen and oxygen atoms in total. The number of benzene rings is 3. The van der Waals surface area contributed by atoms with Gasteiger partial charge in [0.2, 0.25) is 0 Å². The van der Waals surface area contributed by atoms with Crippen LogP contribution in [0.5, 0.6) is 0 Å². The molecule has 3 aromatic carbocycles. The quantitative estimate of drug-likeness (QED) is 0.351. The second-order valence-corrected chi connectivity index (χ2v) is 7.31. The molecule has 1 aliphatic rings. The maximum absolute atomic E-state index is 4.65. The van der Waals surface area contributed by atoms with Crippen molar-refractivity contribution in [2.75, 3.05) is 13.2 Å². The van der Waals surface area contributed by atoms with Gasteiger partial charge in [-0.2, -0.15) is 0 Å². The number of ether oxygens (including phenoxy) is 1. The Morgan fingerprint density at radius 1 is 0.786 bits per heavy atom. The predicted octanol–water partition coefficient (Wildman–Crippen LogP) is 5.61. The van der Waals surface area contributed by atoms with Gasteiger partial charge in [-0.1, -0.05) is 60.7 Å². The monoisotopic (exact) mass is 479 g/mol. The second kappa shape index (κ2) is 8.93. The van der Waals surface area contributed by atoms with E-state index in [1.807, 2.05) is 24.3 Å². The lowest BCUT2D eigenvalue weighted by Gasteiger charge is -2.12. The number of nitrogens with zero attached hydrogens (tertiary/aromatic N) is 3. The molecule has 5 heteroatoms. The van der Waals surface area contributed by atoms with E-state index in [1.54, 1.807) is 6.33 Å². The molecule has 28 heavy (non-hydrogen) atoms. The number of hydrogen-bond donors (Lipinski definition) is 0. The van der Waals surface area contributed by atoms with Crippen LogP contribution in [0.4, 0.5) is 0 Å². The molecular weight excluding hydrogens is 461 g/mol. The van der Waals surface area contributed by atoms with Crippen LogP contribution >= 0.6 is 22.6 Å². The van der Waals surface area contributed by atoms with Gasteiger partial charge in [-0.25, -0.2) is 9.97 Å². The van der Waals surface area contributed by atoms with Gasteiger partial charge in [0, 0.05) is 14.5 Å². The molecule has 0 spiro atoms. The lowest BCUT2D eigenvalue weighted by atomic mass is 9.97. The molecule has 1 aromatic heterocycles. The van der Waals surface area contributed by atoms with Crippen molar-refractivity contribution in [1.29, 1.82) is 0 Å². The van der Waals surface area contributed by atoms with Crippen molar-refractivity contribution in [2.24, 2.45) is 4.99 Å². The average molecular weight is 479 g/mol. The third-order valence-electron chi connectivity index (χ3n) is 4.36. The van der Waals surface area contributed by atoms with E-state index in [1.165, 1.54) is 21.1 Å². The fraction of sp³-hybridized carbons (Fsp3) is 0.0870. The summed E-state index contributed by atoms with van der Waals surface area (Å²) in [4.78, 5) is 12.8. The zero-order chi connectivity index (χ0) is 19.2. The molecule has 4 aromatic rings. The first kappa shape index (κ1) is 18.6. The summed E-state index contributed by atoms with van der Waals surface area (Å²) in [6.45, 7) is 1.62. The van der Waals surface area contributed by atoms with Crippen molar-refractivity contribution in [3.63, 3.8) is 0 Å². The summed E-state index contributed by atoms with van der Waals surface area (Å²) >= 11 is 2.38. The van der Waals surface area contributed by atoms with Crippen molar-refractivity contribution in [3.8, 4) is 22.4 Å². The minimum absolute atomic E-state index is 0.778. The first-order chi connectivity index (χ1) is 13.8. The fourth-order valence-electron chi connectivity index (χ4n) is 3.09. The third kappa shape index (κ3) is 4.04. The van der Waals surface area contributed by atoms with Crippen LogP contribution < -0.4 is 0 Å². The molecule has 0 N–H and O–H groups in total. The van der Waals surface area contributed by atoms with Gasteiger partial charge in [-0.15, -0.1) is 0 Å². The fourth-order valence-corrected chi connectivity index (χ4v) is 3.77. The van der Waals surface area contributed by atoms with Crippen LogP contribution in [0.2, 0.25) is 0 Å². The number of aromatic nitrogens is 2. The van der Waals surface area contributed by atoms with Gasteiger partial charge in [-0.05, 0) is 45.9 Å². The van der Waals surface area contributed by atoms with Crippen molar-refractivity contribution < 1.29 is 4.74 Å². The van der Waals surface area contributed by atoms with Crippen LogP contribution in [0.25, 0.3) is 33.3 Å². The maximum Gasteiger partial charge on any atom is 0.169 e. The molecule has 5 rings (SSSR count). The molecule has 0 amide bonds. The minimum Gasteiger partial charge on any atom is -0.482 e. The van der Waals surface area contributed by atoms with Gasteiger partial charge in [0.1, 0.15) is 12.9 Å². The van der Waals surface area contributed by atoms with Gasteiger partial charge < -0.3 is 4.74 Å². The average Bonchev–Trinajstić information content (AvgIpc) is 3.34. The Bertz CT molecular complexity index is 1100. The molecule has 138 valence electrons. The van der Waals surface area contributed by atoms with Crippen molar-refractivity contribution in [2.45, 2.75) is 0 Å². The number of fused-ring (bicyclic) bond motifs is 1. The van der Waals surface area contributed by atoms with Gasteiger partial charge in [-0.3, -0.25) is 4.99 Å². The number of aliphatic imine (C=N–C) groups is 1. The highest BCUT2D eigenvalue weighted by Crippen LogP contribution is 2.35. The molecule has 0 unspecified atom stereocenters. The molecule has 0 saturated carbocycles. The SMILES string of the molecule is C1=NCCO1.Ic1ccccc1-c1cccc2ncnc(-c3ccccc3)c12. The highest BCUT2D eigenvalue weighted by atomic mass is 127. The molecule has 1 aliphatic heterocycles. The molecule has 2 heterocycles. The summed E-state index contributed by atoms with van der Waals surface area (Å²) in [6.07, 6.45) is 3.13. The minimum atomic E-state index is 0.778. The number of hydrogen-bond acceptors (Lipinski definition) is 4. The van der Waals surface area contributed by atoms with E-state index < -0.39 is 0 Å². The smallest absolute Gasteiger partial charge is 0.169 e. The number of halogens is 1. The van der Waals surface area contributed by atoms with Crippen LogP contribution in [-0.2, 0) is 4.74 Å². The van der Waals surface area contributed by atoms with Crippen molar-refractivity contribution in [1.82, 2.24) is 9.97 Å². The summed E-state index contributed by atoms with van der Waals surface area (Å²) in [5.74, 6) is 0. The van der Waals surface area contributed by atoms with Crippen LogP contribution in [0, 0.1) is 3.57 Å². The van der Waals surface area contributed by atoms with Gasteiger partial charge in [0.25, 0.3) is 0 Å². The number of rotatable bonds is 2. The van der Waals surface area contributed by atoms with E-state index in [9.17, 15) is 0 Å². The van der Waals surface area contributed by atoms with Crippen molar-refractivity contribution >= 4 is 39.9 Å². The Labute approximate surface area is 177 Å². The molecule has 0 bridgehead atoms. The lowest BCUT2D eigenvalue weighted by Crippen LogP contribution is -1.92. The van der Waals surface area contributed by atoms with Crippen LogP contribution in [0.1, 0.15) is 0 Å². The molecule has 0 aliphatic carbocycles. The van der Waals surface area contributed by atoms with Crippen molar-refractivity contribution in [3.05, 3.63) is 82.7 Å². The Kier molecular flexibility index (Phi) is 5.92. The summed E-state index contributed by atoms with van der Waals surface area (Å²) in [6, 6.07) is 24.9. The Hall–Kier alpha value is -2.80. The molecule has 0 atom stereocenters. The molecule has 0 fully saturated rings. The largest absolute Gasteiger partial charge is 0.482 e. The third-order valence-corrected chi connectivity index (χ3v) is 5.30. The van der Waals surface area contributed by atoms with Crippen LogP contribution in [-0.4, -0.2) is 29.5 Å². The zero-order valence-electron chi connectivity index (χ0n) is 15.1. The van der Waals surface area contributed by atoms with Crippen LogP contribution in [0.15, 0.2) is 84.1 Å². The van der Waals surface area contributed by atoms with Gasteiger partial charge >= 0.3 is 0 Å². The van der Waals surface area contributed by atoms with Gasteiger partial charge in [0.15, 0.2) is 6.40 Å². The summed E-state index contributed by atoms with van der Waals surface area (Å²) in [5, 5.41) is 1.10. The molecule has 0 radical (unpaired) electrons. The summed E-state index contributed by atoms with van der Waals surface area (Å²) in [5.41, 5.74) is 5.44.